The average molecular weight is 331 g/mol. The topological polar surface area (TPSA) is 70.2 Å². The van der Waals surface area contributed by atoms with Gasteiger partial charge in [-0.1, -0.05) is 11.8 Å². The van der Waals surface area contributed by atoms with Crippen LogP contribution in [0.4, 0.5) is 5.69 Å². The van der Waals surface area contributed by atoms with Gasteiger partial charge in [-0.05, 0) is 22.0 Å². The molecule has 1 fully saturated rings. The molecule has 1 aromatic heterocycles. The van der Waals surface area contributed by atoms with Crippen LogP contribution in [-0.4, -0.2) is 27.8 Å². The minimum Gasteiger partial charge on any atom is -0.326 e. The Balaban J connectivity index is 2.24. The second kappa shape index (κ2) is 5.27. The molecule has 1 aromatic rings. The molecule has 7 heteroatoms. The first-order valence-electron chi connectivity index (χ1n) is 5.33. The van der Waals surface area contributed by atoms with Crippen LogP contribution in [0, 0.1) is 0 Å². The number of thioether (sulfide) groups is 1. The van der Waals surface area contributed by atoms with Crippen molar-refractivity contribution in [2.45, 2.75) is 18.6 Å². The zero-order valence-electron chi connectivity index (χ0n) is 9.60. The van der Waals surface area contributed by atoms with Crippen molar-refractivity contribution < 1.29 is 9.59 Å². The molecule has 1 unspecified atom stereocenters. The van der Waals surface area contributed by atoms with Crippen LogP contribution in [0.1, 0.15) is 13.3 Å². The Morgan fingerprint density at radius 2 is 2.28 bits per heavy atom. The van der Waals surface area contributed by atoms with Gasteiger partial charge in [-0.15, -0.1) is 0 Å². The maximum atomic E-state index is 11.9. The quantitative estimate of drug-likeness (QED) is 0.892. The summed E-state index contributed by atoms with van der Waals surface area (Å²) in [7, 11) is 0. The van der Waals surface area contributed by atoms with Gasteiger partial charge in [0, 0.05) is 35.8 Å². The van der Waals surface area contributed by atoms with E-state index in [4.69, 9.17) is 0 Å². The molecule has 2 heterocycles. The monoisotopic (exact) mass is 330 g/mol. The molecule has 0 aromatic carbocycles. The first kappa shape index (κ1) is 13.4. The van der Waals surface area contributed by atoms with E-state index in [2.05, 4.69) is 20.9 Å². The molecule has 1 saturated heterocycles. The van der Waals surface area contributed by atoms with Crippen LogP contribution in [0.2, 0.25) is 0 Å². The number of H-pyrrole nitrogens is 1. The van der Waals surface area contributed by atoms with E-state index >= 15 is 0 Å². The van der Waals surface area contributed by atoms with Crippen molar-refractivity contribution in [3.63, 3.8) is 0 Å². The maximum Gasteiger partial charge on any atom is 0.271 e. The molecule has 18 heavy (non-hydrogen) atoms. The fourth-order valence-corrected chi connectivity index (χ4v) is 3.12. The summed E-state index contributed by atoms with van der Waals surface area (Å²) < 4.78 is 0.701. The summed E-state index contributed by atoms with van der Waals surface area (Å²) in [5.74, 6) is -0.127. The van der Waals surface area contributed by atoms with E-state index in [1.165, 1.54) is 18.0 Å². The first-order valence-corrected chi connectivity index (χ1v) is 7.00. The number of amides is 1. The zero-order chi connectivity index (χ0) is 13.3. The molecule has 2 rings (SSSR count). The van der Waals surface area contributed by atoms with Crippen molar-refractivity contribution in [1.82, 2.24) is 4.98 Å². The third kappa shape index (κ3) is 2.84. The van der Waals surface area contributed by atoms with E-state index in [-0.39, 0.29) is 28.3 Å². The molecule has 1 atom stereocenters. The number of hydrogen-bond acceptors (Lipinski definition) is 4. The predicted octanol–water partition coefficient (Wildman–Crippen LogP) is 1.52. The van der Waals surface area contributed by atoms with Gasteiger partial charge >= 0.3 is 0 Å². The Kier molecular flexibility index (Phi) is 3.91. The third-order valence-electron chi connectivity index (χ3n) is 2.56. The summed E-state index contributed by atoms with van der Waals surface area (Å²) in [5.41, 5.74) is 0.0149. The number of nitrogens with zero attached hydrogens (tertiary/aromatic N) is 1. The summed E-state index contributed by atoms with van der Waals surface area (Å²) in [5, 5.41) is -0.0915. The molecule has 96 valence electrons. The maximum absolute atomic E-state index is 11.9. The minimum absolute atomic E-state index is 0.0159. The molecule has 0 bridgehead atoms. The van der Waals surface area contributed by atoms with Gasteiger partial charge in [0.1, 0.15) is 5.69 Å². The van der Waals surface area contributed by atoms with E-state index in [1.54, 1.807) is 6.07 Å². The molecule has 0 aliphatic carbocycles. The molecular weight excluding hydrogens is 320 g/mol. The molecular formula is C11H11BrN2O3S. The van der Waals surface area contributed by atoms with Crippen molar-refractivity contribution >= 4 is 44.4 Å². The van der Waals surface area contributed by atoms with Crippen LogP contribution in [-0.2, 0) is 9.59 Å². The Morgan fingerprint density at radius 1 is 1.56 bits per heavy atom. The van der Waals surface area contributed by atoms with Crippen molar-refractivity contribution in [1.29, 1.82) is 0 Å². The number of carbonyl (C=O) groups excluding carboxylic acids is 2. The van der Waals surface area contributed by atoms with E-state index in [0.29, 0.717) is 16.7 Å². The number of anilines is 1. The molecule has 0 spiro atoms. The first-order chi connectivity index (χ1) is 8.47. The molecule has 5 nitrogen and oxygen atoms in total. The Labute approximate surface area is 116 Å². The molecule has 1 aliphatic heterocycles. The second-order valence-electron chi connectivity index (χ2n) is 3.97. The van der Waals surface area contributed by atoms with Crippen LogP contribution in [0.5, 0.6) is 0 Å². The molecule has 0 saturated carbocycles. The van der Waals surface area contributed by atoms with Gasteiger partial charge in [0.15, 0.2) is 5.12 Å². The second-order valence-corrected chi connectivity index (χ2v) is 6.37. The zero-order valence-corrected chi connectivity index (χ0v) is 12.0. The lowest BCUT2D eigenvalue weighted by atomic mass is 10.4. The minimum atomic E-state index is -0.306. The standard InChI is InChI=1S/C11H11BrN2O3S/c1-6(15)18-8-3-10(16)14(5-8)9-2-7(12)4-13-11(9)17/h2,4,8H,3,5H2,1H3,(H,13,17). The summed E-state index contributed by atoms with van der Waals surface area (Å²) in [6.45, 7) is 1.87. The van der Waals surface area contributed by atoms with Gasteiger partial charge in [-0.3, -0.25) is 14.4 Å². The van der Waals surface area contributed by atoms with E-state index < -0.39 is 0 Å². The van der Waals surface area contributed by atoms with Gasteiger partial charge in [-0.2, -0.15) is 0 Å². The predicted molar refractivity (Wildman–Crippen MR) is 73.8 cm³/mol. The van der Waals surface area contributed by atoms with Crippen LogP contribution >= 0.6 is 27.7 Å². The molecule has 1 N–H and O–H groups in total. The van der Waals surface area contributed by atoms with E-state index in [0.717, 1.165) is 11.8 Å². The number of aromatic nitrogens is 1. The van der Waals surface area contributed by atoms with Gasteiger partial charge in [0.05, 0.1) is 0 Å². The fourth-order valence-electron chi connectivity index (χ4n) is 1.87. The molecule has 1 amide bonds. The number of hydrogen-bond donors (Lipinski definition) is 1. The average Bonchev–Trinajstić information content (AvgIpc) is 2.62. The normalized spacial score (nSPS) is 19.3. The van der Waals surface area contributed by atoms with E-state index in [1.807, 2.05) is 0 Å². The Morgan fingerprint density at radius 3 is 2.94 bits per heavy atom. The summed E-state index contributed by atoms with van der Waals surface area (Å²) in [6.07, 6.45) is 1.81. The van der Waals surface area contributed by atoms with Crippen molar-refractivity contribution in [2.24, 2.45) is 0 Å². The molecule has 0 radical (unpaired) electrons. The summed E-state index contributed by atoms with van der Waals surface area (Å²) >= 11 is 4.40. The van der Waals surface area contributed by atoms with Crippen LogP contribution in [0.25, 0.3) is 0 Å². The number of nitrogens with one attached hydrogen (secondary N) is 1. The van der Waals surface area contributed by atoms with Crippen LogP contribution in [0.3, 0.4) is 0 Å². The smallest absolute Gasteiger partial charge is 0.271 e. The highest BCUT2D eigenvalue weighted by Crippen LogP contribution is 2.27. The summed E-state index contributed by atoms with van der Waals surface area (Å²) in [6, 6.07) is 1.61. The van der Waals surface area contributed by atoms with Crippen LogP contribution in [0.15, 0.2) is 21.5 Å². The van der Waals surface area contributed by atoms with Gasteiger partial charge in [0.25, 0.3) is 5.56 Å². The fraction of sp³-hybridized carbons (Fsp3) is 0.364. The third-order valence-corrected chi connectivity index (χ3v) is 4.00. The number of pyridine rings is 1. The van der Waals surface area contributed by atoms with Crippen molar-refractivity contribution in [2.75, 3.05) is 11.4 Å². The Bertz CT molecular complexity index is 557. The van der Waals surface area contributed by atoms with Gasteiger partial charge in [-0.25, -0.2) is 0 Å². The largest absolute Gasteiger partial charge is 0.326 e. The van der Waals surface area contributed by atoms with Crippen molar-refractivity contribution in [3.8, 4) is 0 Å². The SMILES string of the molecule is CC(=O)SC1CC(=O)N(c2cc(Br)c[nH]c2=O)C1. The van der Waals surface area contributed by atoms with Gasteiger partial charge in [0.2, 0.25) is 5.91 Å². The number of rotatable bonds is 2. The van der Waals surface area contributed by atoms with Crippen molar-refractivity contribution in [3.05, 3.63) is 27.1 Å². The lowest BCUT2D eigenvalue weighted by molar-refractivity contribution is -0.117. The lowest BCUT2D eigenvalue weighted by Gasteiger charge is -2.15. The Hall–Kier alpha value is -1.08. The molecule has 1 aliphatic rings. The van der Waals surface area contributed by atoms with E-state index in [9.17, 15) is 14.4 Å². The summed E-state index contributed by atoms with van der Waals surface area (Å²) in [4.78, 5) is 38.6. The number of carbonyl (C=O) groups is 2. The van der Waals surface area contributed by atoms with Crippen LogP contribution < -0.4 is 10.5 Å². The lowest BCUT2D eigenvalue weighted by Crippen LogP contribution is -2.30. The number of aromatic amines is 1. The highest BCUT2D eigenvalue weighted by Gasteiger charge is 2.33. The highest BCUT2D eigenvalue weighted by molar-refractivity contribution is 9.10. The van der Waals surface area contributed by atoms with Gasteiger partial charge < -0.3 is 9.88 Å². The number of halogens is 1. The highest BCUT2D eigenvalue weighted by atomic mass is 79.9.